The molecule has 1 aromatic rings. The molecule has 1 aliphatic heterocycles. The van der Waals surface area contributed by atoms with Crippen LogP contribution < -0.4 is 14.8 Å². The van der Waals surface area contributed by atoms with Crippen LogP contribution in [0.5, 0.6) is 11.5 Å². The molecule has 1 aromatic carbocycles. The fourth-order valence-electron chi connectivity index (χ4n) is 2.49. The lowest BCUT2D eigenvalue weighted by atomic mass is 10.0. The maximum atomic E-state index is 12.4. The monoisotopic (exact) mass is 321 g/mol. The van der Waals surface area contributed by atoms with Crippen LogP contribution in [0.2, 0.25) is 0 Å². The minimum absolute atomic E-state index is 0.213. The van der Waals surface area contributed by atoms with E-state index in [0.29, 0.717) is 16.7 Å². The van der Waals surface area contributed by atoms with Gasteiger partial charge in [-0.15, -0.1) is 24.9 Å². The number of rotatable bonds is 5. The lowest BCUT2D eigenvalue weighted by Gasteiger charge is -2.18. The Kier molecular flexibility index (Phi) is 5.27. The summed E-state index contributed by atoms with van der Waals surface area (Å²) in [7, 11) is 1.46. The van der Waals surface area contributed by atoms with Crippen molar-refractivity contribution >= 4 is 11.8 Å². The number of nitrogens with one attached hydrogen (secondary N) is 1. The third kappa shape index (κ3) is 4.44. The third-order valence-corrected chi connectivity index (χ3v) is 4.18. The standard InChI is InChI=1S/C14H18F3NO2S/c1-19-11-8-12(20-14(15,16)17)13(21-2)7-9(11)6-10-4-3-5-18-10/h7-8,10,18H,3-6H2,1-2H3/t10-/m1/s1. The number of methoxy groups -OCH3 is 1. The van der Waals surface area contributed by atoms with E-state index in [0.717, 1.165) is 31.4 Å². The molecule has 0 aromatic heterocycles. The molecule has 3 nitrogen and oxygen atoms in total. The van der Waals surface area contributed by atoms with E-state index in [2.05, 4.69) is 10.1 Å². The first-order valence-corrected chi connectivity index (χ1v) is 7.89. The smallest absolute Gasteiger partial charge is 0.496 e. The molecule has 2 rings (SSSR count). The lowest BCUT2D eigenvalue weighted by Crippen LogP contribution is -2.24. The van der Waals surface area contributed by atoms with Gasteiger partial charge in [-0.3, -0.25) is 0 Å². The van der Waals surface area contributed by atoms with Gasteiger partial charge in [0.25, 0.3) is 0 Å². The summed E-state index contributed by atoms with van der Waals surface area (Å²) in [6.07, 6.45) is -0.0497. The van der Waals surface area contributed by atoms with Gasteiger partial charge >= 0.3 is 6.36 Å². The molecule has 0 spiro atoms. The Morgan fingerprint density at radius 1 is 1.33 bits per heavy atom. The van der Waals surface area contributed by atoms with Crippen LogP contribution in [-0.4, -0.2) is 32.3 Å². The molecule has 7 heteroatoms. The highest BCUT2D eigenvalue weighted by atomic mass is 32.2. The van der Waals surface area contributed by atoms with Crippen LogP contribution in [0.3, 0.4) is 0 Å². The van der Waals surface area contributed by atoms with Crippen molar-refractivity contribution in [3.8, 4) is 11.5 Å². The predicted octanol–water partition coefficient (Wildman–Crippen LogP) is 3.61. The molecular weight excluding hydrogens is 303 g/mol. The molecule has 1 aliphatic rings. The Morgan fingerprint density at radius 3 is 2.62 bits per heavy atom. The fraction of sp³-hybridized carbons (Fsp3) is 0.571. The van der Waals surface area contributed by atoms with Gasteiger partial charge in [-0.2, -0.15) is 0 Å². The summed E-state index contributed by atoms with van der Waals surface area (Å²) >= 11 is 1.23. The van der Waals surface area contributed by atoms with Crippen LogP contribution in [0.25, 0.3) is 0 Å². The van der Waals surface area contributed by atoms with Gasteiger partial charge in [-0.25, -0.2) is 0 Å². The summed E-state index contributed by atoms with van der Waals surface area (Å²) in [6.45, 7) is 0.984. The van der Waals surface area contributed by atoms with Gasteiger partial charge in [-0.1, -0.05) is 0 Å². The van der Waals surface area contributed by atoms with Gasteiger partial charge in [0, 0.05) is 12.1 Å². The highest BCUT2D eigenvalue weighted by Gasteiger charge is 2.32. The quantitative estimate of drug-likeness (QED) is 0.839. The van der Waals surface area contributed by atoms with Crippen molar-refractivity contribution in [2.75, 3.05) is 19.9 Å². The van der Waals surface area contributed by atoms with Gasteiger partial charge in [0.1, 0.15) is 11.5 Å². The number of thioether (sulfide) groups is 1. The normalized spacial score (nSPS) is 18.8. The molecule has 0 saturated carbocycles. The van der Waals surface area contributed by atoms with E-state index in [1.807, 2.05) is 0 Å². The van der Waals surface area contributed by atoms with Crippen molar-refractivity contribution < 1.29 is 22.6 Å². The summed E-state index contributed by atoms with van der Waals surface area (Å²) in [5, 5.41) is 3.37. The predicted molar refractivity (Wildman–Crippen MR) is 76.2 cm³/mol. The molecule has 0 radical (unpaired) electrons. The Balaban J connectivity index is 2.28. The fourth-order valence-corrected chi connectivity index (χ4v) is 3.06. The SMILES string of the molecule is COc1cc(OC(F)(F)F)c(SC)cc1C[C@H]1CCCN1. The molecule has 1 saturated heterocycles. The molecule has 1 N–H and O–H groups in total. The molecule has 0 aliphatic carbocycles. The zero-order valence-electron chi connectivity index (χ0n) is 11.9. The minimum Gasteiger partial charge on any atom is -0.496 e. The van der Waals surface area contributed by atoms with Crippen molar-refractivity contribution in [1.82, 2.24) is 5.32 Å². The summed E-state index contributed by atoms with van der Waals surface area (Å²) in [6, 6.07) is 3.40. The first-order valence-electron chi connectivity index (χ1n) is 6.67. The molecule has 0 bridgehead atoms. The van der Waals surface area contributed by atoms with Gasteiger partial charge in [0.15, 0.2) is 0 Å². The number of benzene rings is 1. The maximum Gasteiger partial charge on any atom is 0.573 e. The number of alkyl halides is 3. The van der Waals surface area contributed by atoms with Crippen LogP contribution >= 0.6 is 11.8 Å². The number of ether oxygens (including phenoxy) is 2. The zero-order valence-corrected chi connectivity index (χ0v) is 12.7. The molecule has 0 amide bonds. The zero-order chi connectivity index (χ0) is 15.5. The number of hydrogen-bond donors (Lipinski definition) is 1. The van der Waals surface area contributed by atoms with E-state index in [4.69, 9.17) is 4.74 Å². The van der Waals surface area contributed by atoms with Crippen LogP contribution in [0.15, 0.2) is 17.0 Å². The van der Waals surface area contributed by atoms with E-state index in [-0.39, 0.29) is 5.75 Å². The summed E-state index contributed by atoms with van der Waals surface area (Å²) in [5.74, 6) is 0.218. The molecule has 118 valence electrons. The molecule has 1 heterocycles. The first-order chi connectivity index (χ1) is 9.93. The highest BCUT2D eigenvalue weighted by molar-refractivity contribution is 7.98. The van der Waals surface area contributed by atoms with Crippen LogP contribution in [0, 0.1) is 0 Å². The molecular formula is C14H18F3NO2S. The van der Waals surface area contributed by atoms with E-state index >= 15 is 0 Å². The Morgan fingerprint density at radius 2 is 2.10 bits per heavy atom. The Hall–Kier alpha value is -1.08. The van der Waals surface area contributed by atoms with Crippen molar-refractivity contribution in [3.63, 3.8) is 0 Å². The maximum absolute atomic E-state index is 12.4. The largest absolute Gasteiger partial charge is 0.573 e. The van der Waals surface area contributed by atoms with E-state index < -0.39 is 6.36 Å². The van der Waals surface area contributed by atoms with Crippen molar-refractivity contribution in [1.29, 1.82) is 0 Å². The average Bonchev–Trinajstić information content (AvgIpc) is 2.91. The van der Waals surface area contributed by atoms with Crippen molar-refractivity contribution in [2.45, 2.75) is 36.6 Å². The second-order valence-corrected chi connectivity index (χ2v) is 5.71. The molecule has 1 fully saturated rings. The molecule has 1 atom stereocenters. The van der Waals surface area contributed by atoms with Gasteiger partial charge in [0.05, 0.1) is 12.0 Å². The van der Waals surface area contributed by atoms with Crippen LogP contribution in [0.4, 0.5) is 13.2 Å². The molecule has 21 heavy (non-hydrogen) atoms. The number of halogens is 3. The van der Waals surface area contributed by atoms with E-state index in [1.165, 1.54) is 24.9 Å². The second kappa shape index (κ2) is 6.79. The van der Waals surface area contributed by atoms with E-state index in [9.17, 15) is 13.2 Å². The summed E-state index contributed by atoms with van der Waals surface area (Å²) in [5.41, 5.74) is 0.899. The first kappa shape index (κ1) is 16.3. The third-order valence-electron chi connectivity index (χ3n) is 3.42. The van der Waals surface area contributed by atoms with Gasteiger partial charge < -0.3 is 14.8 Å². The van der Waals surface area contributed by atoms with Gasteiger partial charge in [0.2, 0.25) is 0 Å². The summed E-state index contributed by atoms with van der Waals surface area (Å²) in [4.78, 5) is 0.459. The average molecular weight is 321 g/mol. The lowest BCUT2D eigenvalue weighted by molar-refractivity contribution is -0.275. The minimum atomic E-state index is -4.70. The topological polar surface area (TPSA) is 30.5 Å². The summed E-state index contributed by atoms with van der Waals surface area (Å²) < 4.78 is 46.6. The van der Waals surface area contributed by atoms with Crippen molar-refractivity contribution in [2.24, 2.45) is 0 Å². The molecule has 0 unspecified atom stereocenters. The second-order valence-electron chi connectivity index (χ2n) is 4.86. The highest BCUT2D eigenvalue weighted by Crippen LogP contribution is 2.38. The van der Waals surface area contributed by atoms with Crippen LogP contribution in [0.1, 0.15) is 18.4 Å². The van der Waals surface area contributed by atoms with Gasteiger partial charge in [-0.05, 0) is 43.7 Å². The Bertz CT molecular complexity index is 488. The van der Waals surface area contributed by atoms with Crippen LogP contribution in [-0.2, 0) is 6.42 Å². The number of hydrogen-bond acceptors (Lipinski definition) is 4. The van der Waals surface area contributed by atoms with Crippen molar-refractivity contribution in [3.05, 3.63) is 17.7 Å². The Labute approximate surface area is 126 Å². The van der Waals surface area contributed by atoms with E-state index in [1.54, 1.807) is 12.3 Å².